The lowest BCUT2D eigenvalue weighted by molar-refractivity contribution is 0.244. The Morgan fingerprint density at radius 1 is 1.50 bits per heavy atom. The molecule has 0 saturated carbocycles. The second kappa shape index (κ2) is 6.71. The van der Waals surface area contributed by atoms with Gasteiger partial charge in [-0.2, -0.15) is 0 Å². The summed E-state index contributed by atoms with van der Waals surface area (Å²) in [5.74, 6) is 0.734. The number of hydrogen-bond acceptors (Lipinski definition) is 3. The molecule has 3 nitrogen and oxygen atoms in total. The van der Waals surface area contributed by atoms with E-state index in [-0.39, 0.29) is 0 Å². The summed E-state index contributed by atoms with van der Waals surface area (Å²) in [5, 5.41) is 0. The van der Waals surface area contributed by atoms with Gasteiger partial charge in [0.2, 0.25) is 0 Å². The summed E-state index contributed by atoms with van der Waals surface area (Å²) in [7, 11) is 3.75. The Labute approximate surface area is 115 Å². The van der Waals surface area contributed by atoms with Gasteiger partial charge >= 0.3 is 0 Å². The van der Waals surface area contributed by atoms with Gasteiger partial charge in [-0.05, 0) is 38.1 Å². The number of nitrogens with two attached hydrogens (primary N) is 1. The van der Waals surface area contributed by atoms with Crippen molar-refractivity contribution in [1.29, 1.82) is 0 Å². The van der Waals surface area contributed by atoms with Gasteiger partial charge in [0.1, 0.15) is 10.7 Å². The minimum absolute atomic E-state index is 0.375. The van der Waals surface area contributed by atoms with Gasteiger partial charge in [0.15, 0.2) is 0 Å². The van der Waals surface area contributed by atoms with Crippen LogP contribution in [0.15, 0.2) is 18.2 Å². The molecule has 0 radical (unpaired) electrons. The van der Waals surface area contributed by atoms with Crippen molar-refractivity contribution in [3.63, 3.8) is 0 Å². The van der Waals surface area contributed by atoms with Crippen molar-refractivity contribution in [2.75, 3.05) is 14.2 Å². The first-order valence-electron chi connectivity index (χ1n) is 6.16. The Bertz CT molecular complexity index is 420. The molecular formula is C14H22N2OS. The summed E-state index contributed by atoms with van der Waals surface area (Å²) in [6, 6.07) is 6.55. The van der Waals surface area contributed by atoms with Gasteiger partial charge in [-0.25, -0.2) is 0 Å². The minimum Gasteiger partial charge on any atom is -0.496 e. The molecule has 4 heteroatoms. The van der Waals surface area contributed by atoms with Crippen molar-refractivity contribution in [3.8, 4) is 5.75 Å². The van der Waals surface area contributed by atoms with E-state index in [2.05, 4.69) is 31.9 Å². The second-order valence-electron chi connectivity index (χ2n) is 4.57. The quantitative estimate of drug-likeness (QED) is 0.803. The fourth-order valence-corrected chi connectivity index (χ4v) is 1.96. The fraction of sp³-hybridized carbons (Fsp3) is 0.500. The molecule has 0 bridgehead atoms. The predicted molar refractivity (Wildman–Crippen MR) is 80.1 cm³/mol. The number of ether oxygens (including phenoxy) is 1. The molecule has 1 atom stereocenters. The van der Waals surface area contributed by atoms with E-state index in [9.17, 15) is 0 Å². The highest BCUT2D eigenvalue weighted by molar-refractivity contribution is 7.80. The van der Waals surface area contributed by atoms with Gasteiger partial charge in [-0.15, -0.1) is 0 Å². The van der Waals surface area contributed by atoms with Crippen LogP contribution in [0.2, 0.25) is 0 Å². The molecule has 1 aromatic rings. The predicted octanol–water partition coefficient (Wildman–Crippen LogP) is 2.56. The minimum atomic E-state index is 0.375. The summed E-state index contributed by atoms with van der Waals surface area (Å²) < 4.78 is 5.25. The number of methoxy groups -OCH3 is 1. The zero-order valence-corrected chi connectivity index (χ0v) is 12.4. The molecule has 1 aromatic carbocycles. The van der Waals surface area contributed by atoms with Crippen LogP contribution in [0.25, 0.3) is 0 Å². The molecule has 1 unspecified atom stereocenters. The molecule has 1 rings (SSSR count). The Kier molecular flexibility index (Phi) is 5.56. The van der Waals surface area contributed by atoms with Crippen LogP contribution in [-0.4, -0.2) is 30.1 Å². The van der Waals surface area contributed by atoms with Gasteiger partial charge in [0.25, 0.3) is 0 Å². The van der Waals surface area contributed by atoms with E-state index in [0.29, 0.717) is 11.0 Å². The highest BCUT2D eigenvalue weighted by Crippen LogP contribution is 2.21. The van der Waals surface area contributed by atoms with Crippen molar-refractivity contribution < 1.29 is 4.74 Å². The molecule has 2 N–H and O–H groups in total. The molecule has 0 aliphatic rings. The highest BCUT2D eigenvalue weighted by Gasteiger charge is 2.11. The van der Waals surface area contributed by atoms with Gasteiger partial charge in [0, 0.05) is 12.6 Å². The molecule has 18 heavy (non-hydrogen) atoms. The maximum atomic E-state index is 5.71. The summed E-state index contributed by atoms with van der Waals surface area (Å²) in [5.41, 5.74) is 7.72. The topological polar surface area (TPSA) is 38.5 Å². The lowest BCUT2D eigenvalue weighted by atomic mass is 10.1. The zero-order valence-electron chi connectivity index (χ0n) is 11.6. The standard InChI is InChI=1S/C14H22N2OS/c1-5-10(2)16(3)9-11-6-7-13(17-4)12(8-11)14(15)18/h6-8,10H,5,9H2,1-4H3,(H2,15,18). The van der Waals surface area contributed by atoms with Crippen molar-refractivity contribution in [3.05, 3.63) is 29.3 Å². The van der Waals surface area contributed by atoms with Crippen LogP contribution in [0, 0.1) is 0 Å². The first-order valence-corrected chi connectivity index (χ1v) is 6.57. The summed E-state index contributed by atoms with van der Waals surface area (Å²) in [6.45, 7) is 5.29. The van der Waals surface area contributed by atoms with E-state index in [1.807, 2.05) is 12.1 Å². The van der Waals surface area contributed by atoms with Gasteiger partial charge in [-0.3, -0.25) is 4.90 Å². The highest BCUT2D eigenvalue weighted by atomic mass is 32.1. The van der Waals surface area contributed by atoms with Crippen LogP contribution >= 0.6 is 12.2 Å². The molecule has 100 valence electrons. The van der Waals surface area contributed by atoms with E-state index in [0.717, 1.165) is 24.3 Å². The lowest BCUT2D eigenvalue weighted by Crippen LogP contribution is -2.27. The monoisotopic (exact) mass is 266 g/mol. The molecule has 0 aliphatic heterocycles. The number of hydrogen-bond donors (Lipinski definition) is 1. The maximum Gasteiger partial charge on any atom is 0.129 e. The van der Waals surface area contributed by atoms with E-state index in [4.69, 9.17) is 22.7 Å². The SMILES string of the molecule is CCC(C)N(C)Cc1ccc(OC)c(C(N)=S)c1. The third kappa shape index (κ3) is 3.68. The molecule has 0 heterocycles. The Hall–Kier alpha value is -1.13. The first kappa shape index (κ1) is 14.9. The fourth-order valence-electron chi connectivity index (χ4n) is 1.80. The largest absolute Gasteiger partial charge is 0.496 e. The van der Waals surface area contributed by atoms with Crippen molar-refractivity contribution in [2.45, 2.75) is 32.9 Å². The third-order valence-corrected chi connectivity index (χ3v) is 3.52. The Morgan fingerprint density at radius 3 is 2.67 bits per heavy atom. The maximum absolute atomic E-state index is 5.71. The van der Waals surface area contributed by atoms with Crippen LogP contribution < -0.4 is 10.5 Å². The molecule has 0 saturated heterocycles. The average Bonchev–Trinajstić information content (AvgIpc) is 2.37. The summed E-state index contributed by atoms with van der Waals surface area (Å²) in [6.07, 6.45) is 1.13. The van der Waals surface area contributed by atoms with Gasteiger partial charge in [0.05, 0.1) is 12.7 Å². The first-order chi connectivity index (χ1) is 8.49. The summed E-state index contributed by atoms with van der Waals surface area (Å²) >= 11 is 5.05. The average molecular weight is 266 g/mol. The van der Waals surface area contributed by atoms with Crippen LogP contribution in [0.5, 0.6) is 5.75 Å². The number of thiocarbonyl (C=S) groups is 1. The van der Waals surface area contributed by atoms with E-state index in [1.165, 1.54) is 5.56 Å². The number of benzene rings is 1. The van der Waals surface area contributed by atoms with Crippen molar-refractivity contribution in [2.24, 2.45) is 5.73 Å². The van der Waals surface area contributed by atoms with Crippen LogP contribution in [0.3, 0.4) is 0 Å². The third-order valence-electron chi connectivity index (χ3n) is 3.30. The molecule has 0 aliphatic carbocycles. The number of nitrogens with zero attached hydrogens (tertiary/aromatic N) is 1. The Morgan fingerprint density at radius 2 is 2.17 bits per heavy atom. The normalized spacial score (nSPS) is 12.5. The van der Waals surface area contributed by atoms with Gasteiger partial charge in [-0.1, -0.05) is 25.2 Å². The molecule has 0 fully saturated rings. The summed E-state index contributed by atoms with van der Waals surface area (Å²) in [4.78, 5) is 2.69. The van der Waals surface area contributed by atoms with Crippen LogP contribution in [0.1, 0.15) is 31.4 Å². The zero-order chi connectivity index (χ0) is 13.7. The number of rotatable bonds is 6. The van der Waals surface area contributed by atoms with Crippen molar-refractivity contribution in [1.82, 2.24) is 4.90 Å². The van der Waals surface area contributed by atoms with E-state index >= 15 is 0 Å². The lowest BCUT2D eigenvalue weighted by Gasteiger charge is -2.23. The molecule has 0 aromatic heterocycles. The van der Waals surface area contributed by atoms with E-state index < -0.39 is 0 Å². The molecule has 0 amide bonds. The molecule has 0 spiro atoms. The van der Waals surface area contributed by atoms with E-state index in [1.54, 1.807) is 7.11 Å². The van der Waals surface area contributed by atoms with Crippen LogP contribution in [0.4, 0.5) is 0 Å². The van der Waals surface area contributed by atoms with Crippen LogP contribution in [-0.2, 0) is 6.54 Å². The van der Waals surface area contributed by atoms with Crippen molar-refractivity contribution >= 4 is 17.2 Å². The molecular weight excluding hydrogens is 244 g/mol. The smallest absolute Gasteiger partial charge is 0.129 e. The Balaban J connectivity index is 2.91. The van der Waals surface area contributed by atoms with Gasteiger partial charge < -0.3 is 10.5 Å². The second-order valence-corrected chi connectivity index (χ2v) is 5.01.